The summed E-state index contributed by atoms with van der Waals surface area (Å²) in [5.74, 6) is 0.457. The average Bonchev–Trinajstić information content (AvgIpc) is 2.50. The molecular formula is C19H40O2S. The summed E-state index contributed by atoms with van der Waals surface area (Å²) in [5, 5.41) is 0. The monoisotopic (exact) mass is 332 g/mol. The van der Waals surface area contributed by atoms with Crippen molar-refractivity contribution in [1.82, 2.24) is 0 Å². The minimum Gasteiger partial charge on any atom is -0.306 e. The summed E-state index contributed by atoms with van der Waals surface area (Å²) in [6.45, 7) is 2.28. The third-order valence-corrected chi connectivity index (χ3v) is 5.06. The van der Waals surface area contributed by atoms with Crippen molar-refractivity contribution < 1.29 is 8.76 Å². The lowest BCUT2D eigenvalue weighted by Crippen LogP contribution is -1.94. The highest BCUT2D eigenvalue weighted by atomic mass is 32.2. The summed E-state index contributed by atoms with van der Waals surface area (Å²) in [4.78, 5) is 0. The normalized spacial score (nSPS) is 12.6. The molecule has 1 unspecified atom stereocenters. The Morgan fingerprint density at radius 3 is 1.09 bits per heavy atom. The Morgan fingerprint density at radius 2 is 0.818 bits per heavy atom. The van der Waals surface area contributed by atoms with E-state index in [2.05, 4.69) is 6.92 Å². The second kappa shape index (κ2) is 19.2. The molecule has 3 heteroatoms. The molecule has 0 saturated heterocycles. The molecule has 0 amide bonds. The first-order chi connectivity index (χ1) is 10.8. The molecule has 0 radical (unpaired) electrons. The number of hydrogen-bond acceptors (Lipinski definition) is 1. The van der Waals surface area contributed by atoms with Gasteiger partial charge in [0, 0.05) is 5.75 Å². The molecular weight excluding hydrogens is 292 g/mol. The fourth-order valence-electron chi connectivity index (χ4n) is 2.95. The van der Waals surface area contributed by atoms with Crippen LogP contribution in [0.3, 0.4) is 0 Å². The molecule has 0 spiro atoms. The Labute approximate surface area is 142 Å². The van der Waals surface area contributed by atoms with Crippen LogP contribution >= 0.6 is 0 Å². The Bertz CT molecular complexity index is 231. The maximum atomic E-state index is 10.5. The van der Waals surface area contributed by atoms with Crippen LogP contribution in [-0.2, 0) is 11.1 Å². The van der Waals surface area contributed by atoms with Crippen LogP contribution in [0, 0.1) is 0 Å². The lowest BCUT2D eigenvalue weighted by Gasteiger charge is -2.03. The minimum atomic E-state index is -1.58. The van der Waals surface area contributed by atoms with Gasteiger partial charge in [-0.2, -0.15) is 0 Å². The molecule has 0 aromatic heterocycles. The molecule has 0 saturated carbocycles. The average molecular weight is 333 g/mol. The molecule has 22 heavy (non-hydrogen) atoms. The first kappa shape index (κ1) is 22.1. The van der Waals surface area contributed by atoms with Crippen LogP contribution in [-0.4, -0.2) is 14.5 Å². The minimum absolute atomic E-state index is 0.457. The van der Waals surface area contributed by atoms with E-state index >= 15 is 0 Å². The van der Waals surface area contributed by atoms with Gasteiger partial charge in [0.05, 0.1) is 0 Å². The van der Waals surface area contributed by atoms with E-state index in [1.807, 2.05) is 0 Å². The molecule has 0 bridgehead atoms. The Kier molecular flexibility index (Phi) is 19.3. The van der Waals surface area contributed by atoms with Crippen molar-refractivity contribution in [1.29, 1.82) is 0 Å². The summed E-state index contributed by atoms with van der Waals surface area (Å²) in [6.07, 6.45) is 22.9. The zero-order valence-electron chi connectivity index (χ0n) is 15.0. The fourth-order valence-corrected chi connectivity index (χ4v) is 3.40. The van der Waals surface area contributed by atoms with Crippen LogP contribution in [0.5, 0.6) is 0 Å². The highest BCUT2D eigenvalue weighted by molar-refractivity contribution is 7.79. The van der Waals surface area contributed by atoms with Crippen LogP contribution in [0.4, 0.5) is 0 Å². The van der Waals surface area contributed by atoms with E-state index < -0.39 is 11.1 Å². The van der Waals surface area contributed by atoms with Crippen LogP contribution in [0.2, 0.25) is 0 Å². The zero-order chi connectivity index (χ0) is 16.3. The molecule has 0 aliphatic heterocycles. The van der Waals surface area contributed by atoms with Gasteiger partial charge in [-0.05, 0) is 6.42 Å². The zero-order valence-corrected chi connectivity index (χ0v) is 15.8. The first-order valence-corrected chi connectivity index (χ1v) is 11.1. The maximum Gasteiger partial charge on any atom is 0.152 e. The predicted molar refractivity (Wildman–Crippen MR) is 99.8 cm³/mol. The standard InChI is InChI=1S/C19H40O2S/c1-2-3-4-5-6-7-8-9-10-11-12-13-14-15-16-17-18-19-22(20)21/h2-19H2,1H3,(H,20,21). The van der Waals surface area contributed by atoms with E-state index in [1.165, 1.54) is 96.3 Å². The van der Waals surface area contributed by atoms with E-state index in [0.29, 0.717) is 5.75 Å². The quantitative estimate of drug-likeness (QED) is 0.220. The summed E-state index contributed by atoms with van der Waals surface area (Å²) in [7, 11) is 0. The van der Waals surface area contributed by atoms with Gasteiger partial charge < -0.3 is 4.55 Å². The van der Waals surface area contributed by atoms with E-state index in [9.17, 15) is 4.21 Å². The highest BCUT2D eigenvalue weighted by Gasteiger charge is 1.96. The van der Waals surface area contributed by atoms with E-state index in [4.69, 9.17) is 4.55 Å². The van der Waals surface area contributed by atoms with Crippen LogP contribution < -0.4 is 0 Å². The number of unbranched alkanes of at least 4 members (excludes halogenated alkanes) is 16. The number of hydrogen-bond donors (Lipinski definition) is 1. The second-order valence-electron chi connectivity index (χ2n) is 6.68. The maximum absolute atomic E-state index is 10.5. The van der Waals surface area contributed by atoms with Gasteiger partial charge in [-0.3, -0.25) is 0 Å². The molecule has 0 aliphatic rings. The van der Waals surface area contributed by atoms with Crippen molar-refractivity contribution in [2.45, 2.75) is 116 Å². The van der Waals surface area contributed by atoms with Gasteiger partial charge in [-0.1, -0.05) is 110 Å². The van der Waals surface area contributed by atoms with Crippen molar-refractivity contribution in [2.75, 3.05) is 5.75 Å². The third-order valence-electron chi connectivity index (χ3n) is 4.42. The van der Waals surface area contributed by atoms with Crippen LogP contribution in [0.1, 0.15) is 116 Å². The second-order valence-corrected chi connectivity index (χ2v) is 7.73. The summed E-state index contributed by atoms with van der Waals surface area (Å²) >= 11 is -1.58. The Hall–Kier alpha value is 0.110. The highest BCUT2D eigenvalue weighted by Crippen LogP contribution is 2.13. The van der Waals surface area contributed by atoms with E-state index in [1.54, 1.807) is 0 Å². The lowest BCUT2D eigenvalue weighted by molar-refractivity contribution is 0.527. The molecule has 2 nitrogen and oxygen atoms in total. The van der Waals surface area contributed by atoms with Crippen LogP contribution in [0.15, 0.2) is 0 Å². The molecule has 1 N–H and O–H groups in total. The van der Waals surface area contributed by atoms with Crippen molar-refractivity contribution in [2.24, 2.45) is 0 Å². The van der Waals surface area contributed by atoms with Gasteiger partial charge in [-0.25, -0.2) is 4.21 Å². The van der Waals surface area contributed by atoms with Crippen molar-refractivity contribution in [3.63, 3.8) is 0 Å². The largest absolute Gasteiger partial charge is 0.306 e. The molecule has 0 fully saturated rings. The smallest absolute Gasteiger partial charge is 0.152 e. The van der Waals surface area contributed by atoms with Gasteiger partial charge in [-0.15, -0.1) is 0 Å². The predicted octanol–water partition coefficient (Wildman–Crippen LogP) is 6.86. The molecule has 0 aromatic rings. The van der Waals surface area contributed by atoms with E-state index in [-0.39, 0.29) is 0 Å². The third kappa shape index (κ3) is 20.1. The van der Waals surface area contributed by atoms with Gasteiger partial charge in [0.15, 0.2) is 11.1 Å². The molecule has 1 atom stereocenters. The molecule has 0 aliphatic carbocycles. The first-order valence-electron chi connectivity index (χ1n) is 9.85. The van der Waals surface area contributed by atoms with Crippen molar-refractivity contribution in [3.05, 3.63) is 0 Å². The van der Waals surface area contributed by atoms with Gasteiger partial charge in [0.2, 0.25) is 0 Å². The SMILES string of the molecule is CCCCCCCCCCCCCCCCCCCS(=O)O. The lowest BCUT2D eigenvalue weighted by atomic mass is 10.0. The Balaban J connectivity index is 2.95. The molecule has 0 heterocycles. The van der Waals surface area contributed by atoms with Crippen molar-refractivity contribution in [3.8, 4) is 0 Å². The van der Waals surface area contributed by atoms with Gasteiger partial charge in [0.1, 0.15) is 0 Å². The van der Waals surface area contributed by atoms with Gasteiger partial charge >= 0.3 is 0 Å². The Morgan fingerprint density at radius 1 is 0.545 bits per heavy atom. The van der Waals surface area contributed by atoms with Gasteiger partial charge in [0.25, 0.3) is 0 Å². The fraction of sp³-hybridized carbons (Fsp3) is 1.00. The van der Waals surface area contributed by atoms with Crippen molar-refractivity contribution >= 4 is 11.1 Å². The molecule has 0 rings (SSSR count). The number of rotatable bonds is 18. The molecule has 134 valence electrons. The topological polar surface area (TPSA) is 37.3 Å². The van der Waals surface area contributed by atoms with Crippen LogP contribution in [0.25, 0.3) is 0 Å². The summed E-state index contributed by atoms with van der Waals surface area (Å²) < 4.78 is 19.1. The van der Waals surface area contributed by atoms with E-state index in [0.717, 1.165) is 12.8 Å². The summed E-state index contributed by atoms with van der Waals surface area (Å²) in [6, 6.07) is 0. The molecule has 0 aromatic carbocycles. The summed E-state index contributed by atoms with van der Waals surface area (Å²) in [5.41, 5.74) is 0.